The number of hydrogen-bond donors (Lipinski definition) is 2. The number of amides is 2. The molecule has 1 saturated heterocycles. The van der Waals surface area contributed by atoms with Gasteiger partial charge in [0.2, 0.25) is 21.8 Å². The van der Waals surface area contributed by atoms with Crippen LogP contribution in [0.5, 0.6) is 0 Å². The minimum absolute atomic E-state index is 0.104. The van der Waals surface area contributed by atoms with E-state index in [-0.39, 0.29) is 10.8 Å². The van der Waals surface area contributed by atoms with E-state index in [0.717, 1.165) is 17.7 Å². The van der Waals surface area contributed by atoms with Crippen LogP contribution in [0.25, 0.3) is 0 Å². The maximum Gasteiger partial charge on any atom is 0.242 e. The van der Waals surface area contributed by atoms with Crippen molar-refractivity contribution in [2.45, 2.75) is 37.1 Å². The zero-order chi connectivity index (χ0) is 22.4. The van der Waals surface area contributed by atoms with Gasteiger partial charge >= 0.3 is 0 Å². The number of carbonyl (C=O) groups excluding carboxylic acids is 2. The predicted molar refractivity (Wildman–Crippen MR) is 125 cm³/mol. The van der Waals surface area contributed by atoms with Gasteiger partial charge in [-0.05, 0) is 67.7 Å². The van der Waals surface area contributed by atoms with Crippen molar-refractivity contribution in [3.8, 4) is 0 Å². The molecule has 9 heteroatoms. The average Bonchev–Trinajstić information content (AvgIpc) is 3.17. The second-order valence-corrected chi connectivity index (χ2v) is 10.1. The van der Waals surface area contributed by atoms with Crippen molar-refractivity contribution < 1.29 is 18.0 Å². The summed E-state index contributed by atoms with van der Waals surface area (Å²) < 4.78 is 27.9. The van der Waals surface area contributed by atoms with E-state index in [4.69, 9.17) is 0 Å². The Kier molecular flexibility index (Phi) is 7.74. The summed E-state index contributed by atoms with van der Waals surface area (Å²) >= 11 is 1.54. The van der Waals surface area contributed by atoms with Crippen LogP contribution in [0.1, 0.15) is 24.8 Å². The van der Waals surface area contributed by atoms with Gasteiger partial charge in [0.1, 0.15) is 6.04 Å². The Morgan fingerprint density at radius 1 is 1.19 bits per heavy atom. The van der Waals surface area contributed by atoms with Gasteiger partial charge < -0.3 is 10.2 Å². The second-order valence-electron chi connectivity index (χ2n) is 7.41. The van der Waals surface area contributed by atoms with Crippen LogP contribution in [-0.2, 0) is 19.6 Å². The van der Waals surface area contributed by atoms with Crippen molar-refractivity contribution in [1.82, 2.24) is 4.72 Å². The number of benzene rings is 2. The number of sulfonamides is 1. The van der Waals surface area contributed by atoms with Crippen LogP contribution in [-0.4, -0.2) is 44.8 Å². The second kappa shape index (κ2) is 10.3. The number of rotatable bonds is 9. The quantitative estimate of drug-likeness (QED) is 0.598. The number of thioether (sulfide) groups is 1. The molecule has 0 spiro atoms. The van der Waals surface area contributed by atoms with Crippen molar-refractivity contribution in [3.63, 3.8) is 0 Å². The molecule has 1 fully saturated rings. The smallest absolute Gasteiger partial charge is 0.242 e. The Balaban J connectivity index is 1.74. The highest BCUT2D eigenvalue weighted by atomic mass is 32.2. The summed E-state index contributed by atoms with van der Waals surface area (Å²) in [5.74, 6) is 0.315. The molecule has 1 aliphatic heterocycles. The van der Waals surface area contributed by atoms with E-state index in [1.807, 2.05) is 19.2 Å². The summed E-state index contributed by atoms with van der Waals surface area (Å²) in [5, 5.41) is 2.82. The minimum Gasteiger partial charge on any atom is -0.325 e. The molecule has 1 aliphatic rings. The first-order valence-electron chi connectivity index (χ1n) is 10.1. The SMILES string of the molecule is CSCCC(NS(=O)(=O)c1ccccc1)C(=O)Nc1ccc(N2CCCC2=O)c(C)c1. The summed E-state index contributed by atoms with van der Waals surface area (Å²) in [6.45, 7) is 2.59. The molecule has 3 rings (SSSR count). The monoisotopic (exact) mass is 461 g/mol. The fraction of sp³-hybridized carbons (Fsp3) is 0.364. The lowest BCUT2D eigenvalue weighted by Crippen LogP contribution is -2.44. The van der Waals surface area contributed by atoms with Gasteiger partial charge in [-0.25, -0.2) is 8.42 Å². The Hall–Kier alpha value is -2.36. The van der Waals surface area contributed by atoms with Gasteiger partial charge in [0, 0.05) is 24.3 Å². The Morgan fingerprint density at radius 3 is 2.55 bits per heavy atom. The third-order valence-electron chi connectivity index (χ3n) is 5.11. The van der Waals surface area contributed by atoms with E-state index < -0.39 is 22.0 Å². The Morgan fingerprint density at radius 2 is 1.94 bits per heavy atom. The molecular formula is C22H27N3O4S2. The maximum absolute atomic E-state index is 12.9. The molecule has 0 aromatic heterocycles. The summed E-state index contributed by atoms with van der Waals surface area (Å²) in [7, 11) is -3.82. The molecule has 1 heterocycles. The molecule has 2 amide bonds. The number of nitrogens with one attached hydrogen (secondary N) is 2. The minimum atomic E-state index is -3.82. The summed E-state index contributed by atoms with van der Waals surface area (Å²) in [6.07, 6.45) is 3.66. The first-order valence-corrected chi connectivity index (χ1v) is 13.0. The van der Waals surface area contributed by atoms with E-state index in [9.17, 15) is 18.0 Å². The van der Waals surface area contributed by atoms with Crippen LogP contribution in [0.2, 0.25) is 0 Å². The molecule has 0 aliphatic carbocycles. The molecule has 0 bridgehead atoms. The lowest BCUT2D eigenvalue weighted by Gasteiger charge is -2.21. The highest BCUT2D eigenvalue weighted by Crippen LogP contribution is 2.27. The summed E-state index contributed by atoms with van der Waals surface area (Å²) in [5.41, 5.74) is 2.27. The summed E-state index contributed by atoms with van der Waals surface area (Å²) in [4.78, 5) is 26.8. The molecule has 2 N–H and O–H groups in total. The molecule has 166 valence electrons. The third-order valence-corrected chi connectivity index (χ3v) is 7.24. The first kappa shape index (κ1) is 23.3. The van der Waals surface area contributed by atoms with Crippen molar-refractivity contribution in [3.05, 3.63) is 54.1 Å². The molecule has 0 saturated carbocycles. The molecule has 2 aromatic rings. The maximum atomic E-state index is 12.9. The van der Waals surface area contributed by atoms with E-state index >= 15 is 0 Å². The number of carbonyl (C=O) groups is 2. The zero-order valence-electron chi connectivity index (χ0n) is 17.6. The van der Waals surface area contributed by atoms with Crippen LogP contribution in [0.15, 0.2) is 53.4 Å². The number of nitrogens with zero attached hydrogens (tertiary/aromatic N) is 1. The van der Waals surface area contributed by atoms with E-state index in [0.29, 0.717) is 30.8 Å². The number of hydrogen-bond acceptors (Lipinski definition) is 5. The molecule has 1 atom stereocenters. The van der Waals surface area contributed by atoms with Gasteiger partial charge in [-0.15, -0.1) is 0 Å². The molecule has 31 heavy (non-hydrogen) atoms. The number of anilines is 2. The van der Waals surface area contributed by atoms with Gasteiger partial charge in [-0.1, -0.05) is 18.2 Å². The average molecular weight is 462 g/mol. The van der Waals surface area contributed by atoms with Crippen LogP contribution in [0, 0.1) is 6.92 Å². The van der Waals surface area contributed by atoms with Crippen molar-refractivity contribution >= 4 is 45.0 Å². The molecule has 1 unspecified atom stereocenters. The highest BCUT2D eigenvalue weighted by Gasteiger charge is 2.26. The number of aryl methyl sites for hydroxylation is 1. The largest absolute Gasteiger partial charge is 0.325 e. The first-order chi connectivity index (χ1) is 14.8. The zero-order valence-corrected chi connectivity index (χ0v) is 19.3. The molecule has 7 nitrogen and oxygen atoms in total. The standard InChI is InChI=1S/C22H27N3O4S2/c1-16-15-17(10-11-20(16)25-13-6-9-21(25)26)23-22(27)19(12-14-30-2)24-31(28,29)18-7-4-3-5-8-18/h3-5,7-8,10-11,15,19,24H,6,9,12-14H2,1-2H3,(H,23,27). The molecule has 2 aromatic carbocycles. The normalized spacial score (nSPS) is 15.2. The van der Waals surface area contributed by atoms with E-state index in [1.165, 1.54) is 12.1 Å². The third kappa shape index (κ3) is 5.87. The van der Waals surface area contributed by atoms with Gasteiger partial charge in [0.05, 0.1) is 4.90 Å². The van der Waals surface area contributed by atoms with Crippen molar-refractivity contribution in [1.29, 1.82) is 0 Å². The van der Waals surface area contributed by atoms with Gasteiger partial charge in [-0.3, -0.25) is 9.59 Å². The highest BCUT2D eigenvalue weighted by molar-refractivity contribution is 7.98. The lowest BCUT2D eigenvalue weighted by atomic mass is 10.1. The fourth-order valence-corrected chi connectivity index (χ4v) is 5.22. The molecular weight excluding hydrogens is 434 g/mol. The van der Waals surface area contributed by atoms with Crippen molar-refractivity contribution in [2.75, 3.05) is 28.8 Å². The topological polar surface area (TPSA) is 95.6 Å². The summed E-state index contributed by atoms with van der Waals surface area (Å²) in [6, 6.07) is 12.5. The predicted octanol–water partition coefficient (Wildman–Crippen LogP) is 3.16. The van der Waals surface area contributed by atoms with E-state index in [2.05, 4.69) is 10.0 Å². The van der Waals surface area contributed by atoms with Crippen LogP contribution >= 0.6 is 11.8 Å². The fourth-order valence-electron chi connectivity index (χ4n) is 3.50. The van der Waals surface area contributed by atoms with Crippen LogP contribution < -0.4 is 14.9 Å². The molecule has 0 radical (unpaired) electrons. The van der Waals surface area contributed by atoms with Crippen LogP contribution in [0.3, 0.4) is 0 Å². The van der Waals surface area contributed by atoms with Crippen LogP contribution in [0.4, 0.5) is 11.4 Å². The van der Waals surface area contributed by atoms with Gasteiger partial charge in [-0.2, -0.15) is 16.5 Å². The van der Waals surface area contributed by atoms with Crippen molar-refractivity contribution in [2.24, 2.45) is 0 Å². The van der Waals surface area contributed by atoms with E-state index in [1.54, 1.807) is 47.0 Å². The Labute approximate surface area is 187 Å². The Bertz CT molecular complexity index is 1040. The lowest BCUT2D eigenvalue weighted by molar-refractivity contribution is -0.118. The van der Waals surface area contributed by atoms with Gasteiger partial charge in [0.25, 0.3) is 0 Å². The van der Waals surface area contributed by atoms with Gasteiger partial charge in [0.15, 0.2) is 0 Å².